The van der Waals surface area contributed by atoms with Gasteiger partial charge in [-0.25, -0.2) is 0 Å². The van der Waals surface area contributed by atoms with Gasteiger partial charge in [0.25, 0.3) is 0 Å². The summed E-state index contributed by atoms with van der Waals surface area (Å²) in [5, 5.41) is 25.4. The Balaban J connectivity index is 3.07. The summed E-state index contributed by atoms with van der Waals surface area (Å²) in [4.78, 5) is 0. The Kier molecular flexibility index (Phi) is 12.1. The minimum absolute atomic E-state index is 0.0116. The van der Waals surface area contributed by atoms with Crippen LogP contribution in [0.4, 0.5) is 0 Å². The predicted molar refractivity (Wildman–Crippen MR) is 60.3 cm³/mol. The number of hydrogen-bond donors (Lipinski definition) is 3. The van der Waals surface area contributed by atoms with Gasteiger partial charge in [-0.05, 0) is 6.92 Å². The Labute approximate surface area is 101 Å². The minimum Gasteiger partial charge on any atom is -0.402 e. The second-order valence-electron chi connectivity index (χ2n) is 3.30. The second kappa shape index (κ2) is 12.2. The van der Waals surface area contributed by atoms with Crippen molar-refractivity contribution in [2.45, 2.75) is 13.0 Å². The van der Waals surface area contributed by atoms with Crippen LogP contribution in [0.2, 0.25) is 0 Å². The summed E-state index contributed by atoms with van der Waals surface area (Å²) in [5.74, 6) is 0. The Morgan fingerprint density at radius 2 is 1.47 bits per heavy atom. The van der Waals surface area contributed by atoms with Gasteiger partial charge < -0.3 is 34.0 Å². The van der Waals surface area contributed by atoms with Crippen molar-refractivity contribution in [1.82, 2.24) is 0 Å². The molecule has 0 aliphatic rings. The highest BCUT2D eigenvalue weighted by atomic mass is 16.6. The van der Waals surface area contributed by atoms with Crippen molar-refractivity contribution in [1.29, 1.82) is 0 Å². The zero-order valence-electron chi connectivity index (χ0n) is 10.1. The Morgan fingerprint density at radius 1 is 0.941 bits per heavy atom. The average Bonchev–Trinajstić information content (AvgIpc) is 2.26. The van der Waals surface area contributed by atoms with Gasteiger partial charge >= 0.3 is 7.32 Å². The summed E-state index contributed by atoms with van der Waals surface area (Å²) in [6.45, 7) is 3.98. The summed E-state index contributed by atoms with van der Waals surface area (Å²) < 4.78 is 19.9. The molecule has 1 unspecified atom stereocenters. The van der Waals surface area contributed by atoms with Gasteiger partial charge in [0.1, 0.15) is 0 Å². The molecule has 0 aliphatic heterocycles. The molecule has 0 saturated carbocycles. The van der Waals surface area contributed by atoms with Crippen LogP contribution in [0.25, 0.3) is 0 Å². The van der Waals surface area contributed by atoms with Gasteiger partial charge in [-0.2, -0.15) is 0 Å². The summed E-state index contributed by atoms with van der Waals surface area (Å²) in [7, 11) is -1.77. The zero-order chi connectivity index (χ0) is 12.9. The van der Waals surface area contributed by atoms with E-state index in [0.29, 0.717) is 33.0 Å². The second-order valence-corrected chi connectivity index (χ2v) is 3.30. The van der Waals surface area contributed by atoms with Gasteiger partial charge in [-0.1, -0.05) is 0 Å². The molecule has 7 nitrogen and oxygen atoms in total. The molecule has 0 aromatic heterocycles. The van der Waals surface area contributed by atoms with E-state index in [1.54, 1.807) is 6.92 Å². The summed E-state index contributed by atoms with van der Waals surface area (Å²) in [6.07, 6.45) is -0.386. The van der Waals surface area contributed by atoms with Crippen molar-refractivity contribution >= 4 is 7.32 Å². The highest BCUT2D eigenvalue weighted by Crippen LogP contribution is 1.92. The molecule has 0 bridgehead atoms. The van der Waals surface area contributed by atoms with Crippen molar-refractivity contribution in [3.05, 3.63) is 0 Å². The van der Waals surface area contributed by atoms with Crippen molar-refractivity contribution < 1.29 is 34.0 Å². The van der Waals surface area contributed by atoms with Gasteiger partial charge in [0.05, 0.1) is 52.4 Å². The predicted octanol–water partition coefficient (Wildman–Crippen LogP) is -1.60. The van der Waals surface area contributed by atoms with Crippen molar-refractivity contribution in [2.75, 3.05) is 46.2 Å². The first-order chi connectivity index (χ1) is 8.16. The monoisotopic (exact) mass is 252 g/mol. The molecule has 0 aromatic carbocycles. The Bertz CT molecular complexity index is 158. The van der Waals surface area contributed by atoms with Crippen molar-refractivity contribution in [3.8, 4) is 0 Å². The topological polar surface area (TPSA) is 97.6 Å². The first-order valence-corrected chi connectivity index (χ1v) is 5.52. The third-order valence-electron chi connectivity index (χ3n) is 1.69. The van der Waals surface area contributed by atoms with Crippen LogP contribution in [0.1, 0.15) is 6.92 Å². The summed E-state index contributed by atoms with van der Waals surface area (Å²) in [6, 6.07) is 0. The molecular weight excluding hydrogens is 231 g/mol. The molecule has 0 aliphatic carbocycles. The van der Waals surface area contributed by atoms with E-state index in [1.165, 1.54) is 0 Å². The lowest BCUT2D eigenvalue weighted by molar-refractivity contribution is -0.0117. The van der Waals surface area contributed by atoms with Crippen LogP contribution >= 0.6 is 0 Å². The molecule has 0 aromatic rings. The molecule has 0 rings (SSSR count). The molecular formula is C9H21BO7. The third kappa shape index (κ3) is 13.7. The van der Waals surface area contributed by atoms with Crippen LogP contribution in [-0.2, 0) is 18.9 Å². The lowest BCUT2D eigenvalue weighted by Gasteiger charge is -2.12. The molecule has 0 amide bonds. The first-order valence-electron chi connectivity index (χ1n) is 5.52. The zero-order valence-corrected chi connectivity index (χ0v) is 10.1. The maximum atomic E-state index is 8.49. The molecule has 1 atom stereocenters. The highest BCUT2D eigenvalue weighted by molar-refractivity contribution is 6.32. The summed E-state index contributed by atoms with van der Waals surface area (Å²) >= 11 is 0. The van der Waals surface area contributed by atoms with Crippen LogP contribution in [0, 0.1) is 0 Å². The fourth-order valence-corrected chi connectivity index (χ4v) is 1.00. The Hall–Kier alpha value is -0.215. The van der Waals surface area contributed by atoms with E-state index in [0.717, 1.165) is 0 Å². The third-order valence-corrected chi connectivity index (χ3v) is 1.69. The van der Waals surface area contributed by atoms with E-state index in [4.69, 9.17) is 29.4 Å². The molecule has 102 valence electrons. The number of rotatable bonds is 12. The largest absolute Gasteiger partial charge is 0.634 e. The Morgan fingerprint density at radius 3 is 2.00 bits per heavy atom. The van der Waals surface area contributed by atoms with Gasteiger partial charge in [0, 0.05) is 0 Å². The molecule has 17 heavy (non-hydrogen) atoms. The molecule has 0 radical (unpaired) electrons. The van der Waals surface area contributed by atoms with Gasteiger partial charge in [0.15, 0.2) is 0 Å². The maximum absolute atomic E-state index is 8.49. The number of hydrogen-bond acceptors (Lipinski definition) is 7. The van der Waals surface area contributed by atoms with E-state index in [1.807, 2.05) is 0 Å². The van der Waals surface area contributed by atoms with Crippen LogP contribution in [0.15, 0.2) is 0 Å². The van der Waals surface area contributed by atoms with E-state index in [2.05, 4.69) is 4.65 Å². The minimum atomic E-state index is -1.77. The maximum Gasteiger partial charge on any atom is 0.634 e. The molecule has 0 saturated heterocycles. The quantitative estimate of drug-likeness (QED) is 0.284. The lowest BCUT2D eigenvalue weighted by atomic mass is 10.2. The SMILES string of the molecule is CC(COCCOCCOCCO)OB(O)O. The summed E-state index contributed by atoms with van der Waals surface area (Å²) in [5.41, 5.74) is 0. The molecule has 3 N–H and O–H groups in total. The van der Waals surface area contributed by atoms with Gasteiger partial charge in [-0.15, -0.1) is 0 Å². The number of aliphatic hydroxyl groups excluding tert-OH is 1. The first kappa shape index (κ1) is 16.8. The smallest absolute Gasteiger partial charge is 0.402 e. The number of aliphatic hydroxyl groups is 1. The molecule has 8 heteroatoms. The highest BCUT2D eigenvalue weighted by Gasteiger charge is 2.13. The van der Waals surface area contributed by atoms with Crippen molar-refractivity contribution in [2.24, 2.45) is 0 Å². The molecule has 0 fully saturated rings. The fourth-order valence-electron chi connectivity index (χ4n) is 1.00. The molecule has 0 spiro atoms. The van der Waals surface area contributed by atoms with Crippen molar-refractivity contribution in [3.63, 3.8) is 0 Å². The van der Waals surface area contributed by atoms with E-state index in [-0.39, 0.29) is 19.3 Å². The van der Waals surface area contributed by atoms with Crippen LogP contribution < -0.4 is 0 Å². The van der Waals surface area contributed by atoms with Crippen LogP contribution in [0.3, 0.4) is 0 Å². The van der Waals surface area contributed by atoms with Crippen LogP contribution in [0.5, 0.6) is 0 Å². The lowest BCUT2D eigenvalue weighted by Crippen LogP contribution is -2.27. The number of ether oxygens (including phenoxy) is 3. The van der Waals surface area contributed by atoms with E-state index < -0.39 is 7.32 Å². The van der Waals surface area contributed by atoms with E-state index >= 15 is 0 Å². The normalized spacial score (nSPS) is 12.7. The van der Waals surface area contributed by atoms with Crippen LogP contribution in [-0.4, -0.2) is 74.8 Å². The average molecular weight is 252 g/mol. The van der Waals surface area contributed by atoms with Gasteiger partial charge in [-0.3, -0.25) is 0 Å². The molecule has 0 heterocycles. The standard InChI is InChI=1S/C9H21BO7/c1-9(17-10(12)13)8-16-7-6-15-5-4-14-3-2-11/h9,11-13H,2-8H2,1H3. The van der Waals surface area contributed by atoms with E-state index in [9.17, 15) is 0 Å². The fraction of sp³-hybridized carbons (Fsp3) is 1.00. The van der Waals surface area contributed by atoms with Gasteiger partial charge in [0.2, 0.25) is 0 Å².